The average Bonchev–Trinajstić information content (AvgIpc) is 3.14. The lowest BCUT2D eigenvalue weighted by Gasteiger charge is -2.18. The van der Waals surface area contributed by atoms with E-state index in [1.54, 1.807) is 48.5 Å². The van der Waals surface area contributed by atoms with Gasteiger partial charge >= 0.3 is 5.69 Å². The normalized spacial score (nSPS) is 18.2. The van der Waals surface area contributed by atoms with E-state index >= 15 is 0 Å². The summed E-state index contributed by atoms with van der Waals surface area (Å²) in [5.74, 6) is -2.44. The third kappa shape index (κ3) is 2.81. The van der Waals surface area contributed by atoms with E-state index < -0.39 is 29.7 Å². The average molecular weight is 430 g/mol. The lowest BCUT2D eigenvalue weighted by Crippen LogP contribution is -2.42. The molecule has 1 aliphatic rings. The second-order valence-corrected chi connectivity index (χ2v) is 6.97. The minimum atomic E-state index is -2.07. The molecule has 0 fully saturated rings. The van der Waals surface area contributed by atoms with Crippen LogP contribution in [0.2, 0.25) is 0 Å². The van der Waals surface area contributed by atoms with E-state index in [0.717, 1.165) is 9.15 Å². The molecule has 0 aliphatic carbocycles. The Morgan fingerprint density at radius 1 is 1.26 bits per heavy atom. The number of fused-ring (bicyclic) bond motifs is 1. The van der Waals surface area contributed by atoms with Gasteiger partial charge in [-0.25, -0.2) is 0 Å². The highest BCUT2D eigenvalue weighted by atomic mass is 79.9. The quantitative estimate of drug-likeness (QED) is 0.474. The van der Waals surface area contributed by atoms with Gasteiger partial charge in [0.1, 0.15) is 0 Å². The van der Waals surface area contributed by atoms with Crippen LogP contribution in [-0.2, 0) is 10.4 Å². The van der Waals surface area contributed by atoms with Gasteiger partial charge in [0, 0.05) is 27.9 Å². The van der Waals surface area contributed by atoms with Crippen LogP contribution < -0.4 is 15.1 Å². The topological polar surface area (TPSA) is 119 Å². The molecule has 1 aromatic heterocycles. The number of aromatic nitrogens is 2. The molecule has 0 saturated carbocycles. The fraction of sp³-hybridized carbons (Fsp3) is 0.111. The molecule has 2 N–H and O–H groups in total. The number of carbonyl (C=O) groups excluding carboxylic acids is 2. The summed E-state index contributed by atoms with van der Waals surface area (Å²) < 4.78 is 6.50. The van der Waals surface area contributed by atoms with Crippen LogP contribution in [0.5, 0.6) is 5.95 Å². The third-order valence-electron chi connectivity index (χ3n) is 4.36. The Morgan fingerprint density at radius 3 is 2.70 bits per heavy atom. The first kappa shape index (κ1) is 17.4. The van der Waals surface area contributed by atoms with Crippen LogP contribution >= 0.6 is 15.9 Å². The summed E-state index contributed by atoms with van der Waals surface area (Å²) in [7, 11) is 0. The number of aliphatic hydroxyl groups is 1. The van der Waals surface area contributed by atoms with Crippen molar-refractivity contribution in [2.75, 3.05) is 5.32 Å². The number of ketones is 1. The number of anilines is 1. The largest absolute Gasteiger partial charge is 0.539 e. The van der Waals surface area contributed by atoms with Crippen LogP contribution in [0.1, 0.15) is 22.5 Å². The first-order valence-corrected chi connectivity index (χ1v) is 8.71. The van der Waals surface area contributed by atoms with Crippen molar-refractivity contribution >= 4 is 33.3 Å². The maximum absolute atomic E-state index is 12.8. The molecule has 2 heterocycles. The van der Waals surface area contributed by atoms with E-state index in [2.05, 4.69) is 31.0 Å². The molecule has 0 saturated heterocycles. The van der Waals surface area contributed by atoms with Crippen LogP contribution in [0.4, 0.5) is 5.69 Å². The second kappa shape index (κ2) is 6.29. The van der Waals surface area contributed by atoms with Gasteiger partial charge in [-0.15, -0.1) is 0 Å². The van der Waals surface area contributed by atoms with Crippen molar-refractivity contribution in [3.8, 4) is 11.6 Å². The number of amides is 1. The number of carbonyl (C=O) groups is 2. The number of rotatable bonds is 4. The molecule has 8 nitrogen and oxygen atoms in total. The number of nitrogens with zero attached hydrogens (tertiary/aromatic N) is 2. The van der Waals surface area contributed by atoms with E-state index in [-0.39, 0.29) is 11.3 Å². The van der Waals surface area contributed by atoms with Gasteiger partial charge in [-0.3, -0.25) is 9.59 Å². The monoisotopic (exact) mass is 429 g/mol. The fourth-order valence-electron chi connectivity index (χ4n) is 3.03. The highest BCUT2D eigenvalue weighted by Crippen LogP contribution is 2.39. The third-order valence-corrected chi connectivity index (χ3v) is 4.89. The van der Waals surface area contributed by atoms with Crippen molar-refractivity contribution in [1.82, 2.24) is 5.27 Å². The molecule has 9 heteroatoms. The highest BCUT2D eigenvalue weighted by Gasteiger charge is 2.48. The first-order valence-electron chi connectivity index (χ1n) is 7.91. The molecule has 136 valence electrons. The minimum Gasteiger partial charge on any atom is -0.539 e. The predicted octanol–water partition coefficient (Wildman–Crippen LogP) is 1.20. The molecule has 1 amide bonds. The van der Waals surface area contributed by atoms with Crippen LogP contribution in [0.25, 0.3) is 5.69 Å². The second-order valence-electron chi connectivity index (χ2n) is 6.06. The van der Waals surface area contributed by atoms with Gasteiger partial charge in [-0.05, 0) is 22.9 Å². The van der Waals surface area contributed by atoms with Gasteiger partial charge in [0.05, 0.1) is 11.7 Å². The van der Waals surface area contributed by atoms with Gasteiger partial charge in [0.2, 0.25) is 11.5 Å². The van der Waals surface area contributed by atoms with Crippen molar-refractivity contribution in [1.29, 1.82) is 0 Å². The number of hydrogen-bond donors (Lipinski definition) is 2. The van der Waals surface area contributed by atoms with Crippen molar-refractivity contribution in [2.24, 2.45) is 0 Å². The van der Waals surface area contributed by atoms with Gasteiger partial charge in [0.15, 0.2) is 11.5 Å². The maximum atomic E-state index is 12.8. The van der Waals surface area contributed by atoms with Crippen molar-refractivity contribution in [3.05, 3.63) is 64.3 Å². The van der Waals surface area contributed by atoms with Crippen LogP contribution in [0.15, 0.2) is 57.5 Å². The van der Waals surface area contributed by atoms with E-state index in [1.807, 2.05) is 0 Å². The Morgan fingerprint density at radius 2 is 1.96 bits per heavy atom. The van der Waals surface area contributed by atoms with E-state index in [9.17, 15) is 19.8 Å². The smallest absolute Gasteiger partial charge is 0.306 e. The summed E-state index contributed by atoms with van der Waals surface area (Å²) in [6, 6.07) is 13.2. The molecule has 4 rings (SSSR count). The zero-order chi connectivity index (χ0) is 19.2. The number of Topliss-reactive ketones (excluding diaryl/α,β-unsaturated/α-hetero) is 1. The van der Waals surface area contributed by atoms with Crippen molar-refractivity contribution in [2.45, 2.75) is 12.0 Å². The van der Waals surface area contributed by atoms with Gasteiger partial charge in [-0.1, -0.05) is 34.1 Å². The molecule has 2 aromatic carbocycles. The van der Waals surface area contributed by atoms with Crippen molar-refractivity contribution in [3.63, 3.8) is 0 Å². The van der Waals surface area contributed by atoms with Crippen LogP contribution in [0.3, 0.4) is 0 Å². The molecule has 0 radical (unpaired) electrons. The summed E-state index contributed by atoms with van der Waals surface area (Å²) in [4.78, 5) is 25.1. The number of benzene rings is 2. The number of para-hydroxylation sites is 1. The zero-order valence-corrected chi connectivity index (χ0v) is 15.3. The molecule has 3 aromatic rings. The first-order chi connectivity index (χ1) is 12.9. The molecule has 0 spiro atoms. The Bertz CT molecular complexity index is 1060. The summed E-state index contributed by atoms with van der Waals surface area (Å²) in [5.41, 5.74) is -1.32. The standard InChI is InChI=1S/C18H12BrN3O5/c19-10-5-7-11(8-6-10)22-15(16(24)27-21-22)14(23)9-18(26)12-3-1-2-4-13(12)20-17(18)25/h1-8,26H,9H2,(H-,20,21,23,24,25). The fourth-order valence-corrected chi connectivity index (χ4v) is 3.30. The maximum Gasteiger partial charge on any atom is 0.306 e. The summed E-state index contributed by atoms with van der Waals surface area (Å²) in [6.07, 6.45) is -0.622. The lowest BCUT2D eigenvalue weighted by atomic mass is 9.89. The summed E-state index contributed by atoms with van der Waals surface area (Å²) in [5, 5.41) is 29.1. The Kier molecular flexibility index (Phi) is 4.05. The molecule has 1 unspecified atom stereocenters. The Hall–Kier alpha value is -3.04. The molecular formula is C18H12BrN3O5. The van der Waals surface area contributed by atoms with Gasteiger partial charge in [0.25, 0.3) is 5.91 Å². The Balaban J connectivity index is 1.72. The SMILES string of the molecule is O=C(CC1(O)C(=O)Nc2ccccc21)c1c([O-])on[n+]1-c1ccc(Br)cc1. The predicted molar refractivity (Wildman–Crippen MR) is 93.1 cm³/mol. The Labute approximate surface area is 161 Å². The van der Waals surface area contributed by atoms with Crippen molar-refractivity contribution < 1.29 is 29.0 Å². The number of nitrogens with one attached hydrogen (secondary N) is 1. The number of hydrogen-bond acceptors (Lipinski definition) is 6. The van der Waals surface area contributed by atoms with E-state index in [1.165, 1.54) is 0 Å². The summed E-state index contributed by atoms with van der Waals surface area (Å²) in [6.45, 7) is 0. The highest BCUT2D eigenvalue weighted by molar-refractivity contribution is 9.10. The molecule has 0 bridgehead atoms. The lowest BCUT2D eigenvalue weighted by molar-refractivity contribution is -0.672. The molecule has 27 heavy (non-hydrogen) atoms. The molecular weight excluding hydrogens is 418 g/mol. The summed E-state index contributed by atoms with van der Waals surface area (Å²) >= 11 is 3.30. The molecule has 1 atom stereocenters. The van der Waals surface area contributed by atoms with Gasteiger partial charge < -0.3 is 20.1 Å². The van der Waals surface area contributed by atoms with Crippen LogP contribution in [0, 0.1) is 0 Å². The van der Waals surface area contributed by atoms with E-state index in [4.69, 9.17) is 0 Å². The minimum absolute atomic E-state index is 0.280. The number of halogens is 1. The van der Waals surface area contributed by atoms with Crippen LogP contribution in [-0.4, -0.2) is 22.1 Å². The molecule has 1 aliphatic heterocycles. The van der Waals surface area contributed by atoms with E-state index in [0.29, 0.717) is 11.4 Å². The van der Waals surface area contributed by atoms with Gasteiger partial charge in [-0.2, -0.15) is 0 Å². The zero-order valence-electron chi connectivity index (χ0n) is 13.7.